The van der Waals surface area contributed by atoms with Crippen LogP contribution in [0.3, 0.4) is 0 Å². The molecular weight excluding hydrogens is 408 g/mol. The summed E-state index contributed by atoms with van der Waals surface area (Å²) in [7, 11) is 2.04. The fourth-order valence-corrected chi connectivity index (χ4v) is 3.87. The zero-order chi connectivity index (χ0) is 21.7. The summed E-state index contributed by atoms with van der Waals surface area (Å²) >= 11 is 0.920. The standard InChI is InChI=1S/C19H24N6O4S/c1-3-4-17-20-19(22-21-17)30-16(18(26)27)12-13-11-14(25(28)29)5-6-15(13)24-9-7-23(2)8-10-24/h5-6,11-12H,3-4,7-10H2,1-2H3,(H,26,27)(H,20,21,22)/b16-12+. The first-order valence-corrected chi connectivity index (χ1v) is 10.4. The lowest BCUT2D eigenvalue weighted by Gasteiger charge is -2.34. The molecule has 1 aliphatic rings. The first-order chi connectivity index (χ1) is 14.4. The first-order valence-electron chi connectivity index (χ1n) is 9.63. The number of aromatic amines is 1. The number of thioether (sulfide) groups is 1. The predicted molar refractivity (Wildman–Crippen MR) is 115 cm³/mol. The van der Waals surface area contributed by atoms with E-state index >= 15 is 0 Å². The summed E-state index contributed by atoms with van der Waals surface area (Å²) < 4.78 is 0. The minimum absolute atomic E-state index is 0.00655. The molecule has 2 aromatic rings. The molecule has 1 aromatic carbocycles. The molecule has 1 aliphatic heterocycles. The number of piperazine rings is 1. The molecule has 10 nitrogen and oxygen atoms in total. The van der Waals surface area contributed by atoms with E-state index in [9.17, 15) is 20.0 Å². The van der Waals surface area contributed by atoms with Crippen LogP contribution in [0.4, 0.5) is 11.4 Å². The van der Waals surface area contributed by atoms with Crippen molar-refractivity contribution in [1.82, 2.24) is 20.1 Å². The molecule has 0 radical (unpaired) electrons. The molecule has 160 valence electrons. The highest BCUT2D eigenvalue weighted by Gasteiger charge is 2.21. The molecule has 0 aliphatic carbocycles. The third kappa shape index (κ3) is 5.36. The lowest BCUT2D eigenvalue weighted by molar-refractivity contribution is -0.384. The van der Waals surface area contributed by atoms with Gasteiger partial charge in [0.2, 0.25) is 5.16 Å². The number of anilines is 1. The maximum absolute atomic E-state index is 11.9. The Morgan fingerprint density at radius 2 is 2.10 bits per heavy atom. The number of likely N-dealkylation sites (N-methyl/N-ethyl adjacent to an activating group) is 1. The van der Waals surface area contributed by atoms with Crippen molar-refractivity contribution < 1.29 is 14.8 Å². The highest BCUT2D eigenvalue weighted by molar-refractivity contribution is 8.04. The van der Waals surface area contributed by atoms with E-state index in [2.05, 4.69) is 25.0 Å². The summed E-state index contributed by atoms with van der Waals surface area (Å²) in [4.78, 5) is 31.3. The number of carbonyl (C=O) groups is 1. The van der Waals surface area contributed by atoms with Crippen LogP contribution in [0.25, 0.3) is 6.08 Å². The quantitative estimate of drug-likeness (QED) is 0.280. The molecule has 0 saturated carbocycles. The minimum Gasteiger partial charge on any atom is -0.477 e. The number of benzene rings is 1. The molecule has 3 rings (SSSR count). The van der Waals surface area contributed by atoms with Crippen molar-refractivity contribution >= 4 is 35.2 Å². The summed E-state index contributed by atoms with van der Waals surface area (Å²) in [6.45, 7) is 5.24. The average molecular weight is 433 g/mol. The van der Waals surface area contributed by atoms with Crippen molar-refractivity contribution in [1.29, 1.82) is 0 Å². The lowest BCUT2D eigenvalue weighted by atomic mass is 10.1. The minimum atomic E-state index is -1.14. The van der Waals surface area contributed by atoms with Gasteiger partial charge < -0.3 is 14.9 Å². The van der Waals surface area contributed by atoms with Crippen molar-refractivity contribution in [3.05, 3.63) is 44.6 Å². The van der Waals surface area contributed by atoms with Crippen LogP contribution in [-0.2, 0) is 11.2 Å². The maximum Gasteiger partial charge on any atom is 0.342 e. The Bertz CT molecular complexity index is 952. The van der Waals surface area contributed by atoms with Crippen molar-refractivity contribution in [3.8, 4) is 0 Å². The number of H-pyrrole nitrogens is 1. The van der Waals surface area contributed by atoms with Gasteiger partial charge in [-0.1, -0.05) is 6.92 Å². The van der Waals surface area contributed by atoms with Crippen LogP contribution >= 0.6 is 11.8 Å². The van der Waals surface area contributed by atoms with Gasteiger partial charge in [0.25, 0.3) is 5.69 Å². The molecule has 0 atom stereocenters. The van der Waals surface area contributed by atoms with Crippen LogP contribution in [0.1, 0.15) is 24.7 Å². The molecule has 1 saturated heterocycles. The Morgan fingerprint density at radius 3 is 2.73 bits per heavy atom. The van der Waals surface area contributed by atoms with E-state index in [4.69, 9.17) is 0 Å². The SMILES string of the molecule is CCCc1nc(S/C(=C/c2cc([N+](=O)[O-])ccc2N2CCN(C)CC2)C(=O)O)n[nH]1. The van der Waals surface area contributed by atoms with Crippen molar-refractivity contribution in [2.45, 2.75) is 24.9 Å². The maximum atomic E-state index is 11.9. The molecule has 2 heterocycles. The zero-order valence-electron chi connectivity index (χ0n) is 16.9. The number of nitro benzene ring substituents is 1. The van der Waals surface area contributed by atoms with Gasteiger partial charge in [-0.15, -0.1) is 5.10 Å². The Balaban J connectivity index is 1.96. The van der Waals surface area contributed by atoms with Crippen LogP contribution in [0, 0.1) is 10.1 Å². The number of rotatable bonds is 8. The smallest absolute Gasteiger partial charge is 0.342 e. The summed E-state index contributed by atoms with van der Waals surface area (Å²) in [5.41, 5.74) is 1.18. The second-order valence-electron chi connectivity index (χ2n) is 7.02. The highest BCUT2D eigenvalue weighted by atomic mass is 32.2. The molecule has 11 heteroatoms. The zero-order valence-corrected chi connectivity index (χ0v) is 17.7. The third-order valence-electron chi connectivity index (χ3n) is 4.76. The van der Waals surface area contributed by atoms with E-state index in [-0.39, 0.29) is 10.6 Å². The van der Waals surface area contributed by atoms with Gasteiger partial charge in [-0.2, -0.15) is 0 Å². The molecule has 0 spiro atoms. The van der Waals surface area contributed by atoms with Gasteiger partial charge in [0.1, 0.15) is 10.7 Å². The lowest BCUT2D eigenvalue weighted by Crippen LogP contribution is -2.44. The number of nitro groups is 1. The van der Waals surface area contributed by atoms with E-state index in [0.29, 0.717) is 16.5 Å². The van der Waals surface area contributed by atoms with Gasteiger partial charge in [0.15, 0.2) is 0 Å². The number of carboxylic acid groups (broad SMARTS) is 1. The molecule has 0 amide bonds. The Kier molecular flexibility index (Phi) is 7.06. The largest absolute Gasteiger partial charge is 0.477 e. The van der Waals surface area contributed by atoms with Gasteiger partial charge in [0, 0.05) is 56.0 Å². The molecule has 30 heavy (non-hydrogen) atoms. The molecule has 0 bridgehead atoms. The number of aliphatic carboxylic acids is 1. The van der Waals surface area contributed by atoms with Crippen LogP contribution in [-0.4, -0.2) is 69.3 Å². The summed E-state index contributed by atoms with van der Waals surface area (Å²) in [5, 5.41) is 28.2. The van der Waals surface area contributed by atoms with E-state index in [1.54, 1.807) is 6.07 Å². The second kappa shape index (κ2) is 9.72. The number of nitrogens with one attached hydrogen (secondary N) is 1. The number of non-ortho nitro benzene ring substituents is 1. The summed E-state index contributed by atoms with van der Waals surface area (Å²) in [6.07, 6.45) is 3.07. The monoisotopic (exact) mass is 432 g/mol. The van der Waals surface area contributed by atoms with Crippen LogP contribution in [0.5, 0.6) is 0 Å². The number of nitrogens with zero attached hydrogens (tertiary/aromatic N) is 5. The van der Waals surface area contributed by atoms with Crippen LogP contribution in [0.2, 0.25) is 0 Å². The number of hydrogen-bond donors (Lipinski definition) is 2. The van der Waals surface area contributed by atoms with Crippen LogP contribution in [0.15, 0.2) is 28.3 Å². The fourth-order valence-electron chi connectivity index (χ4n) is 3.15. The number of aryl methyl sites for hydroxylation is 1. The summed E-state index contributed by atoms with van der Waals surface area (Å²) in [6, 6.07) is 4.55. The van der Waals surface area contributed by atoms with E-state index in [1.165, 1.54) is 18.2 Å². The average Bonchev–Trinajstić information content (AvgIpc) is 3.15. The van der Waals surface area contributed by atoms with Crippen molar-refractivity contribution in [2.24, 2.45) is 0 Å². The van der Waals surface area contributed by atoms with Crippen molar-refractivity contribution in [2.75, 3.05) is 38.1 Å². The van der Waals surface area contributed by atoms with Gasteiger partial charge in [-0.3, -0.25) is 15.2 Å². The Hall–Kier alpha value is -2.92. The first kappa shape index (κ1) is 21.8. The Labute approximate surface area is 178 Å². The highest BCUT2D eigenvalue weighted by Crippen LogP contribution is 2.32. The number of aromatic nitrogens is 3. The molecule has 2 N–H and O–H groups in total. The van der Waals surface area contributed by atoms with E-state index in [1.807, 2.05) is 14.0 Å². The second-order valence-corrected chi connectivity index (χ2v) is 8.03. The molecule has 1 fully saturated rings. The van der Waals surface area contributed by atoms with Gasteiger partial charge in [0.05, 0.1) is 4.92 Å². The number of hydrogen-bond acceptors (Lipinski definition) is 8. The van der Waals surface area contributed by atoms with Gasteiger partial charge >= 0.3 is 5.97 Å². The van der Waals surface area contributed by atoms with Crippen molar-refractivity contribution in [3.63, 3.8) is 0 Å². The van der Waals surface area contributed by atoms with E-state index < -0.39 is 10.9 Å². The third-order valence-corrected chi connectivity index (χ3v) is 5.64. The van der Waals surface area contributed by atoms with Crippen LogP contribution < -0.4 is 4.90 Å². The molecule has 1 aromatic heterocycles. The number of carboxylic acids is 1. The van der Waals surface area contributed by atoms with E-state index in [0.717, 1.165) is 56.5 Å². The predicted octanol–water partition coefficient (Wildman–Crippen LogP) is 2.64. The van der Waals surface area contributed by atoms with Gasteiger partial charge in [-0.05, 0) is 37.4 Å². The van der Waals surface area contributed by atoms with Gasteiger partial charge in [-0.25, -0.2) is 9.78 Å². The summed E-state index contributed by atoms with van der Waals surface area (Å²) in [5.74, 6) is -0.448. The Morgan fingerprint density at radius 1 is 1.37 bits per heavy atom. The molecule has 0 unspecified atom stereocenters. The molecular formula is C19H24N6O4S. The normalized spacial score (nSPS) is 15.4. The topological polar surface area (TPSA) is 128 Å². The fraction of sp³-hybridized carbons (Fsp3) is 0.421.